The Balaban J connectivity index is 1.50. The van der Waals surface area contributed by atoms with E-state index in [0.717, 1.165) is 16.9 Å². The standard InChI is InChI=1S/C19H17N3O3/c1-21-11-18(24)22(19(21)25)10-17(23)20-14-7-6-13-8-12-4-2-3-5-15(12)16(13)9-14/h2-7,9H,8,10-11H2,1H3,(H,20,23). The van der Waals surface area contributed by atoms with Crippen LogP contribution in [0.3, 0.4) is 0 Å². The molecule has 0 aromatic heterocycles. The summed E-state index contributed by atoms with van der Waals surface area (Å²) in [4.78, 5) is 38.1. The summed E-state index contributed by atoms with van der Waals surface area (Å²) in [5, 5.41) is 2.78. The lowest BCUT2D eigenvalue weighted by molar-refractivity contribution is -0.129. The van der Waals surface area contributed by atoms with Crippen LogP contribution in [0.25, 0.3) is 11.1 Å². The van der Waals surface area contributed by atoms with Crippen molar-refractivity contribution in [3.63, 3.8) is 0 Å². The molecule has 1 saturated heterocycles. The van der Waals surface area contributed by atoms with Gasteiger partial charge in [-0.05, 0) is 40.8 Å². The van der Waals surface area contributed by atoms with Crippen molar-refractivity contribution in [1.82, 2.24) is 9.80 Å². The summed E-state index contributed by atoms with van der Waals surface area (Å²) >= 11 is 0. The summed E-state index contributed by atoms with van der Waals surface area (Å²) in [5.74, 6) is -0.742. The molecule has 0 spiro atoms. The minimum atomic E-state index is -0.442. The molecule has 2 aliphatic rings. The number of hydrogen-bond donors (Lipinski definition) is 1. The molecule has 6 heteroatoms. The lowest BCUT2D eigenvalue weighted by Gasteiger charge is -2.14. The van der Waals surface area contributed by atoms with Crippen molar-refractivity contribution < 1.29 is 14.4 Å². The van der Waals surface area contributed by atoms with Crippen LogP contribution in [0.5, 0.6) is 0 Å². The molecule has 1 heterocycles. The smallest absolute Gasteiger partial charge is 0.325 e. The molecule has 2 aromatic rings. The molecule has 4 rings (SSSR count). The summed E-state index contributed by atoms with van der Waals surface area (Å²) in [6, 6.07) is 13.6. The van der Waals surface area contributed by atoms with Crippen LogP contribution in [0.4, 0.5) is 10.5 Å². The van der Waals surface area contributed by atoms with Crippen molar-refractivity contribution in [2.75, 3.05) is 25.5 Å². The monoisotopic (exact) mass is 335 g/mol. The van der Waals surface area contributed by atoms with E-state index < -0.39 is 6.03 Å². The van der Waals surface area contributed by atoms with Gasteiger partial charge in [0.25, 0.3) is 5.91 Å². The van der Waals surface area contributed by atoms with Crippen molar-refractivity contribution in [3.05, 3.63) is 53.6 Å². The molecule has 6 nitrogen and oxygen atoms in total. The maximum absolute atomic E-state index is 12.2. The van der Waals surface area contributed by atoms with E-state index in [1.165, 1.54) is 28.6 Å². The predicted octanol–water partition coefficient (Wildman–Crippen LogP) is 2.09. The molecular weight excluding hydrogens is 318 g/mol. The number of imide groups is 1. The molecule has 0 radical (unpaired) electrons. The number of anilines is 1. The van der Waals surface area contributed by atoms with Crippen molar-refractivity contribution in [3.8, 4) is 11.1 Å². The second kappa shape index (κ2) is 5.73. The van der Waals surface area contributed by atoms with Gasteiger partial charge in [-0.15, -0.1) is 0 Å². The number of fused-ring (bicyclic) bond motifs is 3. The lowest BCUT2D eigenvalue weighted by atomic mass is 10.1. The molecule has 0 unspecified atom stereocenters. The average Bonchev–Trinajstić information content (AvgIpc) is 3.07. The van der Waals surface area contributed by atoms with Gasteiger partial charge in [0.1, 0.15) is 13.1 Å². The van der Waals surface area contributed by atoms with Gasteiger partial charge in [0.2, 0.25) is 5.91 Å². The Bertz CT molecular complexity index is 907. The molecular formula is C19H17N3O3. The molecule has 1 aliphatic heterocycles. The highest BCUT2D eigenvalue weighted by Crippen LogP contribution is 2.37. The van der Waals surface area contributed by atoms with Crippen LogP contribution in [-0.4, -0.2) is 47.8 Å². The van der Waals surface area contributed by atoms with E-state index in [2.05, 4.69) is 17.4 Å². The molecule has 1 aliphatic carbocycles. The van der Waals surface area contributed by atoms with Crippen LogP contribution in [0, 0.1) is 0 Å². The van der Waals surface area contributed by atoms with Crippen molar-refractivity contribution in [2.45, 2.75) is 6.42 Å². The normalized spacial score (nSPS) is 15.4. The first kappa shape index (κ1) is 15.4. The Hall–Kier alpha value is -3.15. The Labute approximate surface area is 145 Å². The summed E-state index contributed by atoms with van der Waals surface area (Å²) in [6.45, 7) is -0.253. The van der Waals surface area contributed by atoms with E-state index in [1.54, 1.807) is 0 Å². The fourth-order valence-electron chi connectivity index (χ4n) is 3.37. The predicted molar refractivity (Wildman–Crippen MR) is 93.1 cm³/mol. The second-order valence-electron chi connectivity index (χ2n) is 6.37. The van der Waals surface area contributed by atoms with Crippen molar-refractivity contribution in [1.29, 1.82) is 0 Å². The zero-order valence-corrected chi connectivity index (χ0v) is 13.8. The van der Waals surface area contributed by atoms with Crippen molar-refractivity contribution >= 4 is 23.5 Å². The topological polar surface area (TPSA) is 69.7 Å². The van der Waals surface area contributed by atoms with Crippen LogP contribution in [0.2, 0.25) is 0 Å². The zero-order chi connectivity index (χ0) is 17.6. The summed E-state index contributed by atoms with van der Waals surface area (Å²) < 4.78 is 0. The maximum Gasteiger partial charge on any atom is 0.327 e. The van der Waals surface area contributed by atoms with Crippen LogP contribution in [-0.2, 0) is 16.0 Å². The van der Waals surface area contributed by atoms with Gasteiger partial charge in [-0.3, -0.25) is 14.5 Å². The highest BCUT2D eigenvalue weighted by atomic mass is 16.2. The third-order valence-electron chi connectivity index (χ3n) is 4.61. The first-order chi connectivity index (χ1) is 12.0. The molecule has 0 atom stereocenters. The number of benzene rings is 2. The molecule has 0 saturated carbocycles. The number of amides is 4. The van der Waals surface area contributed by atoms with Crippen LogP contribution in [0.15, 0.2) is 42.5 Å². The number of urea groups is 1. The lowest BCUT2D eigenvalue weighted by Crippen LogP contribution is -2.38. The Kier molecular flexibility index (Phi) is 3.53. The van der Waals surface area contributed by atoms with Crippen LogP contribution in [0.1, 0.15) is 11.1 Å². The Morgan fingerprint density at radius 2 is 1.84 bits per heavy atom. The molecule has 4 amide bonds. The van der Waals surface area contributed by atoms with Crippen LogP contribution >= 0.6 is 0 Å². The maximum atomic E-state index is 12.2. The third-order valence-corrected chi connectivity index (χ3v) is 4.61. The van der Waals surface area contributed by atoms with Gasteiger partial charge in [0, 0.05) is 12.7 Å². The first-order valence-corrected chi connectivity index (χ1v) is 8.09. The van der Waals surface area contributed by atoms with Gasteiger partial charge in [-0.25, -0.2) is 4.79 Å². The van der Waals surface area contributed by atoms with E-state index in [1.807, 2.05) is 30.3 Å². The summed E-state index contributed by atoms with van der Waals surface area (Å²) in [5.41, 5.74) is 5.46. The number of carbonyl (C=O) groups excluding carboxylic acids is 3. The molecule has 126 valence electrons. The van der Waals surface area contributed by atoms with E-state index >= 15 is 0 Å². The highest BCUT2D eigenvalue weighted by Gasteiger charge is 2.34. The minimum absolute atomic E-state index is 0.0156. The second-order valence-corrected chi connectivity index (χ2v) is 6.37. The number of carbonyl (C=O) groups is 3. The quantitative estimate of drug-likeness (QED) is 0.745. The van der Waals surface area contributed by atoms with E-state index in [9.17, 15) is 14.4 Å². The Morgan fingerprint density at radius 3 is 2.60 bits per heavy atom. The average molecular weight is 335 g/mol. The number of hydrogen-bond acceptors (Lipinski definition) is 3. The van der Waals surface area contributed by atoms with Crippen LogP contribution < -0.4 is 5.32 Å². The third kappa shape index (κ3) is 2.65. The molecule has 1 fully saturated rings. The Morgan fingerprint density at radius 1 is 1.08 bits per heavy atom. The number of nitrogens with zero attached hydrogens (tertiary/aromatic N) is 2. The number of nitrogens with one attached hydrogen (secondary N) is 1. The number of rotatable bonds is 3. The van der Waals surface area contributed by atoms with Gasteiger partial charge >= 0.3 is 6.03 Å². The number of likely N-dealkylation sites (N-methyl/N-ethyl adjacent to an activating group) is 1. The van der Waals surface area contributed by atoms with Gasteiger partial charge in [0.15, 0.2) is 0 Å². The summed E-state index contributed by atoms with van der Waals surface area (Å²) in [6.07, 6.45) is 0.892. The summed E-state index contributed by atoms with van der Waals surface area (Å²) in [7, 11) is 1.54. The minimum Gasteiger partial charge on any atom is -0.325 e. The molecule has 25 heavy (non-hydrogen) atoms. The highest BCUT2D eigenvalue weighted by molar-refractivity contribution is 6.06. The van der Waals surface area contributed by atoms with Gasteiger partial charge in [-0.2, -0.15) is 0 Å². The van der Waals surface area contributed by atoms with E-state index in [0.29, 0.717) is 5.69 Å². The molecule has 0 bridgehead atoms. The van der Waals surface area contributed by atoms with Crippen molar-refractivity contribution in [2.24, 2.45) is 0 Å². The van der Waals surface area contributed by atoms with E-state index in [4.69, 9.17) is 0 Å². The van der Waals surface area contributed by atoms with Gasteiger partial charge < -0.3 is 10.2 Å². The van der Waals surface area contributed by atoms with Gasteiger partial charge in [0.05, 0.1) is 0 Å². The first-order valence-electron chi connectivity index (χ1n) is 8.09. The van der Waals surface area contributed by atoms with E-state index in [-0.39, 0.29) is 24.9 Å². The molecule has 2 aromatic carbocycles. The van der Waals surface area contributed by atoms with Gasteiger partial charge in [-0.1, -0.05) is 30.3 Å². The fraction of sp³-hybridized carbons (Fsp3) is 0.211. The fourth-order valence-corrected chi connectivity index (χ4v) is 3.37. The largest absolute Gasteiger partial charge is 0.327 e. The zero-order valence-electron chi connectivity index (χ0n) is 13.8. The molecule has 1 N–H and O–H groups in total. The SMILES string of the molecule is CN1CC(=O)N(CC(=O)Nc2ccc3c(c2)-c2ccccc2C3)C1=O.